The van der Waals surface area contributed by atoms with Crippen LogP contribution in [0.3, 0.4) is 0 Å². The Morgan fingerprint density at radius 3 is 2.16 bits per heavy atom. The normalized spacial score (nSPS) is 10.5. The first-order valence-corrected chi connectivity index (χ1v) is 10.1. The van der Waals surface area contributed by atoms with E-state index in [9.17, 15) is 4.79 Å². The second kappa shape index (κ2) is 9.41. The van der Waals surface area contributed by atoms with E-state index in [1.165, 1.54) is 5.56 Å². The van der Waals surface area contributed by atoms with Crippen LogP contribution in [-0.2, 0) is 6.54 Å². The molecule has 0 unspecified atom stereocenters. The highest BCUT2D eigenvalue weighted by molar-refractivity contribution is 6.30. The van der Waals surface area contributed by atoms with E-state index in [-0.39, 0.29) is 11.9 Å². The van der Waals surface area contributed by atoms with Gasteiger partial charge in [0, 0.05) is 35.1 Å². The smallest absolute Gasteiger partial charge is 0.321 e. The van der Waals surface area contributed by atoms with E-state index in [2.05, 4.69) is 15.3 Å². The fraction of sp³-hybridized carbons (Fsp3) is 0.0800. The third kappa shape index (κ3) is 5.47. The van der Waals surface area contributed by atoms with E-state index in [4.69, 9.17) is 16.3 Å². The summed E-state index contributed by atoms with van der Waals surface area (Å²) in [6.07, 6.45) is 3.46. The summed E-state index contributed by atoms with van der Waals surface area (Å²) in [7, 11) is 0. The lowest BCUT2D eigenvalue weighted by molar-refractivity contribution is 0.0951. The maximum absolute atomic E-state index is 12.3. The number of aromatic nitrogens is 2. The Bertz CT molecular complexity index is 1160. The van der Waals surface area contributed by atoms with E-state index in [0.29, 0.717) is 22.9 Å². The van der Waals surface area contributed by atoms with Crippen molar-refractivity contribution in [3.05, 3.63) is 107 Å². The average Bonchev–Trinajstić information content (AvgIpc) is 2.80. The molecule has 31 heavy (non-hydrogen) atoms. The van der Waals surface area contributed by atoms with Crippen LogP contribution in [-0.4, -0.2) is 15.9 Å². The maximum Gasteiger partial charge on any atom is 0.321 e. The van der Waals surface area contributed by atoms with Crippen LogP contribution in [0.5, 0.6) is 11.8 Å². The molecule has 0 aliphatic carbocycles. The van der Waals surface area contributed by atoms with E-state index < -0.39 is 0 Å². The molecule has 3 aromatic carbocycles. The van der Waals surface area contributed by atoms with Gasteiger partial charge in [0.2, 0.25) is 0 Å². The van der Waals surface area contributed by atoms with Gasteiger partial charge < -0.3 is 10.1 Å². The van der Waals surface area contributed by atoms with Crippen molar-refractivity contribution in [2.75, 3.05) is 0 Å². The Labute approximate surface area is 185 Å². The van der Waals surface area contributed by atoms with Crippen molar-refractivity contribution >= 4 is 17.5 Å². The van der Waals surface area contributed by atoms with E-state index >= 15 is 0 Å². The molecule has 1 N–H and O–H groups in total. The van der Waals surface area contributed by atoms with E-state index in [0.717, 1.165) is 16.7 Å². The van der Waals surface area contributed by atoms with Crippen LogP contribution in [0.15, 0.2) is 85.2 Å². The summed E-state index contributed by atoms with van der Waals surface area (Å²) in [4.78, 5) is 20.9. The zero-order valence-corrected chi connectivity index (χ0v) is 17.6. The number of carbonyl (C=O) groups excluding carboxylic acids is 1. The second-order valence-corrected chi connectivity index (χ2v) is 7.49. The van der Waals surface area contributed by atoms with Gasteiger partial charge in [-0.15, -0.1) is 0 Å². The lowest BCUT2D eigenvalue weighted by atomic mass is 10.1. The predicted octanol–water partition coefficient (Wildman–Crippen LogP) is 5.83. The predicted molar refractivity (Wildman–Crippen MR) is 121 cm³/mol. The van der Waals surface area contributed by atoms with Crippen LogP contribution in [0, 0.1) is 6.92 Å². The van der Waals surface area contributed by atoms with Gasteiger partial charge >= 0.3 is 6.01 Å². The molecule has 0 spiro atoms. The summed E-state index contributed by atoms with van der Waals surface area (Å²) in [5.74, 6) is 0.387. The molecule has 0 saturated heterocycles. The fourth-order valence-corrected chi connectivity index (χ4v) is 3.06. The highest BCUT2D eigenvalue weighted by atomic mass is 35.5. The van der Waals surface area contributed by atoms with Gasteiger partial charge in [-0.1, -0.05) is 53.6 Å². The number of aryl methyl sites for hydroxylation is 1. The second-order valence-electron chi connectivity index (χ2n) is 7.06. The number of rotatable bonds is 6. The molecule has 4 aromatic rings. The maximum atomic E-state index is 12.3. The lowest BCUT2D eigenvalue weighted by Crippen LogP contribution is -2.22. The number of hydrogen-bond acceptors (Lipinski definition) is 4. The largest absolute Gasteiger partial charge is 0.424 e. The van der Waals surface area contributed by atoms with Gasteiger partial charge in [-0.25, -0.2) is 9.97 Å². The number of benzene rings is 3. The number of nitrogens with zero attached hydrogens (tertiary/aromatic N) is 2. The molecule has 154 valence electrons. The highest BCUT2D eigenvalue weighted by Gasteiger charge is 2.07. The van der Waals surface area contributed by atoms with Crippen LogP contribution in [0.1, 0.15) is 21.5 Å². The summed E-state index contributed by atoms with van der Waals surface area (Å²) in [5.41, 5.74) is 4.68. The molecule has 0 fully saturated rings. The van der Waals surface area contributed by atoms with Crippen LogP contribution in [0.4, 0.5) is 0 Å². The van der Waals surface area contributed by atoms with Crippen LogP contribution >= 0.6 is 11.6 Å². The molecule has 0 atom stereocenters. The number of nitrogens with one attached hydrogen (secondary N) is 1. The average molecular weight is 430 g/mol. The third-order valence-corrected chi connectivity index (χ3v) is 4.96. The molecule has 5 nitrogen and oxygen atoms in total. The van der Waals surface area contributed by atoms with Gasteiger partial charge in [-0.05, 0) is 54.4 Å². The number of halogens is 1. The van der Waals surface area contributed by atoms with Gasteiger partial charge in [0.15, 0.2) is 0 Å². The highest BCUT2D eigenvalue weighted by Crippen LogP contribution is 2.22. The number of hydrogen-bond donors (Lipinski definition) is 1. The van der Waals surface area contributed by atoms with Gasteiger partial charge in [-0.3, -0.25) is 4.79 Å². The summed E-state index contributed by atoms with van der Waals surface area (Å²) < 4.78 is 5.70. The zero-order chi connectivity index (χ0) is 21.6. The molecule has 6 heteroatoms. The molecule has 4 rings (SSSR count). The van der Waals surface area contributed by atoms with Crippen molar-refractivity contribution in [1.82, 2.24) is 15.3 Å². The summed E-state index contributed by atoms with van der Waals surface area (Å²) >= 11 is 5.88. The molecule has 0 bridgehead atoms. The zero-order valence-electron chi connectivity index (χ0n) is 16.9. The molecule has 0 aliphatic heterocycles. The number of carbonyl (C=O) groups is 1. The first-order chi connectivity index (χ1) is 15.1. The number of ether oxygens (including phenoxy) is 1. The fourth-order valence-electron chi connectivity index (χ4n) is 2.93. The Balaban J connectivity index is 1.35. The van der Waals surface area contributed by atoms with Crippen LogP contribution < -0.4 is 10.1 Å². The Morgan fingerprint density at radius 1 is 0.871 bits per heavy atom. The van der Waals surface area contributed by atoms with Crippen LogP contribution in [0.25, 0.3) is 11.1 Å². The van der Waals surface area contributed by atoms with E-state index in [1.807, 2.05) is 43.3 Å². The Kier molecular flexibility index (Phi) is 6.24. The van der Waals surface area contributed by atoms with E-state index in [1.54, 1.807) is 48.8 Å². The van der Waals surface area contributed by atoms with Crippen molar-refractivity contribution in [3.8, 4) is 22.9 Å². The minimum Gasteiger partial charge on any atom is -0.424 e. The molecule has 0 aliphatic rings. The van der Waals surface area contributed by atoms with Gasteiger partial charge in [-0.2, -0.15) is 0 Å². The SMILES string of the molecule is Cc1ccc(-c2cnc(Oc3ccc(C(=O)NCc4ccc(Cl)cc4)cc3)nc2)cc1. The minimum atomic E-state index is -0.166. The Hall–Kier alpha value is -3.70. The van der Waals surface area contributed by atoms with Crippen LogP contribution in [0.2, 0.25) is 5.02 Å². The standard InChI is InChI=1S/C25H20ClN3O2/c1-17-2-6-19(7-3-17)21-15-28-25(29-16-21)31-23-12-8-20(9-13-23)24(30)27-14-18-4-10-22(26)11-5-18/h2-13,15-16H,14H2,1H3,(H,27,30). The molecule has 1 amide bonds. The van der Waals surface area contributed by atoms with Gasteiger partial charge in [0.1, 0.15) is 5.75 Å². The quantitative estimate of drug-likeness (QED) is 0.419. The molecular formula is C25H20ClN3O2. The Morgan fingerprint density at radius 2 is 1.52 bits per heavy atom. The molecule has 0 saturated carbocycles. The molecule has 1 aromatic heterocycles. The third-order valence-electron chi connectivity index (χ3n) is 4.71. The monoisotopic (exact) mass is 429 g/mol. The lowest BCUT2D eigenvalue weighted by Gasteiger charge is -2.08. The van der Waals surface area contributed by atoms with Crippen molar-refractivity contribution in [2.24, 2.45) is 0 Å². The van der Waals surface area contributed by atoms with Crippen molar-refractivity contribution in [3.63, 3.8) is 0 Å². The molecular weight excluding hydrogens is 410 g/mol. The topological polar surface area (TPSA) is 64.1 Å². The summed E-state index contributed by atoms with van der Waals surface area (Å²) in [6, 6.07) is 22.6. The summed E-state index contributed by atoms with van der Waals surface area (Å²) in [5, 5.41) is 3.55. The molecule has 1 heterocycles. The minimum absolute atomic E-state index is 0.166. The van der Waals surface area contributed by atoms with Crippen molar-refractivity contribution < 1.29 is 9.53 Å². The van der Waals surface area contributed by atoms with Crippen molar-refractivity contribution in [2.45, 2.75) is 13.5 Å². The van der Waals surface area contributed by atoms with Gasteiger partial charge in [0.05, 0.1) is 0 Å². The summed E-state index contributed by atoms with van der Waals surface area (Å²) in [6.45, 7) is 2.47. The van der Waals surface area contributed by atoms with Gasteiger partial charge in [0.25, 0.3) is 5.91 Å². The first kappa shape index (κ1) is 20.6. The van der Waals surface area contributed by atoms with Crippen molar-refractivity contribution in [1.29, 1.82) is 0 Å². The molecule has 0 radical (unpaired) electrons. The number of amides is 1. The first-order valence-electron chi connectivity index (χ1n) is 9.76.